The van der Waals surface area contributed by atoms with E-state index in [1.54, 1.807) is 38.1 Å². The molecule has 0 aliphatic heterocycles. The number of benzene rings is 2. The fraction of sp³-hybridized carbons (Fsp3) is 0.400. The van der Waals surface area contributed by atoms with E-state index < -0.39 is 34.1 Å². The van der Waals surface area contributed by atoms with Crippen molar-refractivity contribution in [2.75, 3.05) is 26.8 Å². The molecule has 0 fully saturated rings. The van der Waals surface area contributed by atoms with Crippen molar-refractivity contribution in [3.8, 4) is 17.2 Å². The molecule has 0 saturated carbocycles. The highest BCUT2D eigenvalue weighted by molar-refractivity contribution is 7.86. The Kier molecular flexibility index (Phi) is 6.13. The second-order valence-corrected chi connectivity index (χ2v) is 7.31. The first-order valence-electron chi connectivity index (χ1n) is 10.6. The number of methoxy groups -OCH3 is 1. The largest absolute Gasteiger partial charge is 0.495 e. The Balaban J connectivity index is 2.17. The molecule has 1 atom stereocenters. The van der Waals surface area contributed by atoms with Gasteiger partial charge in [0.1, 0.15) is 17.2 Å². The van der Waals surface area contributed by atoms with Crippen molar-refractivity contribution < 1.29 is 32.7 Å². The van der Waals surface area contributed by atoms with E-state index in [-0.39, 0.29) is 17.9 Å². The van der Waals surface area contributed by atoms with E-state index in [1.807, 2.05) is 0 Å². The highest BCUT2D eigenvalue weighted by atomic mass is 32.2. The molecule has 0 aliphatic rings. The SMILES string of the molecule is [2H]C([2H])(N[C@H](C)Cc1ccc(OC)c(S(=O)(=O)O)c1)C([2H])([2H])Oc1ccccc1OCC. The van der Waals surface area contributed by atoms with Gasteiger partial charge in [-0.3, -0.25) is 4.55 Å². The van der Waals surface area contributed by atoms with Crippen LogP contribution in [0.15, 0.2) is 47.4 Å². The zero-order valence-corrected chi connectivity index (χ0v) is 16.7. The van der Waals surface area contributed by atoms with E-state index >= 15 is 0 Å². The van der Waals surface area contributed by atoms with Crippen LogP contribution in [0, 0.1) is 0 Å². The molecule has 0 saturated heterocycles. The average Bonchev–Trinajstić information content (AvgIpc) is 2.68. The van der Waals surface area contributed by atoms with Gasteiger partial charge in [-0.25, -0.2) is 0 Å². The predicted octanol–water partition coefficient (Wildman–Crippen LogP) is 2.94. The summed E-state index contributed by atoms with van der Waals surface area (Å²) in [5.74, 6) is 0.328. The minimum Gasteiger partial charge on any atom is -0.495 e. The van der Waals surface area contributed by atoms with Gasteiger partial charge < -0.3 is 19.5 Å². The lowest BCUT2D eigenvalue weighted by Gasteiger charge is -2.16. The lowest BCUT2D eigenvalue weighted by molar-refractivity contribution is 0.272. The zero-order chi connectivity index (χ0) is 24.2. The van der Waals surface area contributed by atoms with Gasteiger partial charge in [0.05, 0.1) is 16.5 Å². The molecule has 2 aromatic rings. The first-order chi connectivity index (χ1) is 14.8. The summed E-state index contributed by atoms with van der Waals surface area (Å²) in [4.78, 5) is -0.404. The molecule has 0 amide bonds. The number of para-hydroxylation sites is 2. The van der Waals surface area contributed by atoms with Crippen molar-refractivity contribution >= 4 is 10.1 Å². The van der Waals surface area contributed by atoms with Gasteiger partial charge in [-0.15, -0.1) is 0 Å². The maximum absolute atomic E-state index is 11.6. The van der Waals surface area contributed by atoms with Gasteiger partial charge in [-0.05, 0) is 50.1 Å². The quantitative estimate of drug-likeness (QED) is 0.547. The standard InChI is InChI=1S/C20H27NO6S/c1-4-26-17-7-5-6-8-18(17)27-12-11-21-15(2)13-16-9-10-19(25-3)20(14-16)28(22,23)24/h5-10,14-15,21H,4,11-13H2,1-3H3,(H,22,23,24)/t15-/m1/s1/i11D2,12D2. The Morgan fingerprint density at radius 2 is 1.82 bits per heavy atom. The van der Waals surface area contributed by atoms with E-state index in [1.165, 1.54) is 25.3 Å². The summed E-state index contributed by atoms with van der Waals surface area (Å²) in [5, 5.41) is 2.55. The number of nitrogens with one attached hydrogen (secondary N) is 1. The monoisotopic (exact) mass is 413 g/mol. The molecule has 0 aliphatic carbocycles. The second kappa shape index (κ2) is 10.3. The summed E-state index contributed by atoms with van der Waals surface area (Å²) in [5.41, 5.74) is 0.470. The first-order valence-corrected chi connectivity index (χ1v) is 10.1. The molecular formula is C20H27NO6S. The highest BCUT2D eigenvalue weighted by Crippen LogP contribution is 2.26. The van der Waals surface area contributed by atoms with Gasteiger partial charge in [0.25, 0.3) is 10.1 Å². The van der Waals surface area contributed by atoms with Crippen LogP contribution in [0.2, 0.25) is 0 Å². The van der Waals surface area contributed by atoms with Crippen LogP contribution in [0.4, 0.5) is 0 Å². The molecule has 0 radical (unpaired) electrons. The molecule has 7 nitrogen and oxygen atoms in total. The lowest BCUT2D eigenvalue weighted by Crippen LogP contribution is -2.31. The lowest BCUT2D eigenvalue weighted by atomic mass is 10.1. The van der Waals surface area contributed by atoms with Crippen molar-refractivity contribution in [1.82, 2.24) is 5.32 Å². The van der Waals surface area contributed by atoms with Crippen LogP contribution in [0.1, 0.15) is 24.9 Å². The van der Waals surface area contributed by atoms with Crippen LogP contribution in [0.25, 0.3) is 0 Å². The topological polar surface area (TPSA) is 94.1 Å². The number of ether oxygens (including phenoxy) is 3. The summed E-state index contributed by atoms with van der Waals surface area (Å²) >= 11 is 0. The van der Waals surface area contributed by atoms with Crippen molar-refractivity contribution in [2.45, 2.75) is 31.2 Å². The van der Waals surface area contributed by atoms with Crippen LogP contribution in [-0.4, -0.2) is 45.8 Å². The van der Waals surface area contributed by atoms with Gasteiger partial charge in [-0.2, -0.15) is 8.42 Å². The molecule has 2 rings (SSSR count). The Labute approximate surface area is 172 Å². The summed E-state index contributed by atoms with van der Waals surface area (Å²) < 4.78 is 81.0. The maximum Gasteiger partial charge on any atom is 0.298 e. The third-order valence-corrected chi connectivity index (χ3v) is 4.60. The molecule has 154 valence electrons. The molecule has 0 bridgehead atoms. The zero-order valence-electron chi connectivity index (χ0n) is 19.9. The second-order valence-electron chi connectivity index (χ2n) is 5.92. The van der Waals surface area contributed by atoms with E-state index in [0.717, 1.165) is 0 Å². The molecule has 0 spiro atoms. The molecule has 28 heavy (non-hydrogen) atoms. The van der Waals surface area contributed by atoms with Crippen molar-refractivity contribution in [3.63, 3.8) is 0 Å². The Bertz CT molecular complexity index is 1030. The molecule has 0 heterocycles. The number of hydrogen-bond acceptors (Lipinski definition) is 6. The summed E-state index contributed by atoms with van der Waals surface area (Å²) in [6.45, 7) is -1.68. The smallest absolute Gasteiger partial charge is 0.298 e. The Morgan fingerprint density at radius 3 is 2.43 bits per heavy atom. The highest BCUT2D eigenvalue weighted by Gasteiger charge is 2.17. The van der Waals surface area contributed by atoms with Gasteiger partial charge in [0.2, 0.25) is 0 Å². The fourth-order valence-electron chi connectivity index (χ4n) is 2.50. The average molecular weight is 414 g/mol. The van der Waals surface area contributed by atoms with Gasteiger partial charge in [-0.1, -0.05) is 18.2 Å². The summed E-state index contributed by atoms with van der Waals surface area (Å²) in [7, 11) is -3.25. The van der Waals surface area contributed by atoms with E-state index in [0.29, 0.717) is 17.9 Å². The van der Waals surface area contributed by atoms with Crippen LogP contribution in [0.3, 0.4) is 0 Å². The third-order valence-electron chi connectivity index (χ3n) is 3.73. The molecule has 0 unspecified atom stereocenters. The first kappa shape index (κ1) is 16.6. The summed E-state index contributed by atoms with van der Waals surface area (Å²) in [6, 6.07) is 9.94. The number of rotatable bonds is 11. The number of hydrogen-bond donors (Lipinski definition) is 2. The van der Waals surface area contributed by atoms with Gasteiger partial charge in [0, 0.05) is 15.3 Å². The van der Waals surface area contributed by atoms with Crippen LogP contribution in [-0.2, 0) is 16.5 Å². The van der Waals surface area contributed by atoms with Crippen LogP contribution < -0.4 is 19.5 Å². The minimum atomic E-state index is -4.52. The molecule has 2 N–H and O–H groups in total. The van der Waals surface area contributed by atoms with E-state index in [4.69, 9.17) is 19.7 Å². The molecule has 8 heteroatoms. The Morgan fingerprint density at radius 1 is 1.14 bits per heavy atom. The predicted molar refractivity (Wildman–Crippen MR) is 107 cm³/mol. The van der Waals surface area contributed by atoms with Crippen LogP contribution in [0.5, 0.6) is 17.2 Å². The minimum absolute atomic E-state index is 0.0233. The molecular weight excluding hydrogens is 382 g/mol. The van der Waals surface area contributed by atoms with E-state index in [2.05, 4.69) is 5.32 Å². The maximum atomic E-state index is 11.6. The Hall–Kier alpha value is -2.29. The van der Waals surface area contributed by atoms with Crippen molar-refractivity contribution in [2.24, 2.45) is 0 Å². The summed E-state index contributed by atoms with van der Waals surface area (Å²) in [6.07, 6.45) is 0.137. The van der Waals surface area contributed by atoms with Crippen molar-refractivity contribution in [3.05, 3.63) is 48.0 Å². The fourth-order valence-corrected chi connectivity index (χ4v) is 3.20. The molecule has 0 aromatic heterocycles. The normalized spacial score (nSPS) is 15.6. The third kappa shape index (κ3) is 6.40. The van der Waals surface area contributed by atoms with Crippen LogP contribution >= 0.6 is 0 Å². The van der Waals surface area contributed by atoms with Gasteiger partial charge >= 0.3 is 0 Å². The van der Waals surface area contributed by atoms with Crippen molar-refractivity contribution in [1.29, 1.82) is 0 Å². The van der Waals surface area contributed by atoms with Gasteiger partial charge in [0.15, 0.2) is 11.5 Å². The molecule has 2 aromatic carbocycles. The van der Waals surface area contributed by atoms with E-state index in [9.17, 15) is 13.0 Å².